The molecular weight excluding hydrogens is 261 g/mol. The molecule has 1 aromatic carbocycles. The molecule has 1 aromatic rings. The molecule has 0 radical (unpaired) electrons. The Morgan fingerprint density at radius 3 is 2.71 bits per heavy atom. The van der Waals surface area contributed by atoms with Crippen molar-refractivity contribution in [2.75, 3.05) is 0 Å². The first-order valence-corrected chi connectivity index (χ1v) is 5.99. The Kier molecular flexibility index (Phi) is 2.87. The number of rotatable bonds is 3. The number of aryl methyl sites for hydroxylation is 1. The molecule has 14 heavy (non-hydrogen) atoms. The Morgan fingerprint density at radius 1 is 1.43 bits per heavy atom. The number of benzene rings is 1. The van der Waals surface area contributed by atoms with E-state index in [0.29, 0.717) is 0 Å². The molecule has 1 fully saturated rings. The van der Waals surface area contributed by atoms with Crippen molar-refractivity contribution in [1.29, 1.82) is 0 Å². The molecule has 1 aliphatic carbocycles. The first-order chi connectivity index (χ1) is 6.59. The Balaban J connectivity index is 1.99. The summed E-state index contributed by atoms with van der Waals surface area (Å²) in [5, 5.41) is 0.782. The fraction of sp³-hybridized carbons (Fsp3) is 0.455. The third-order valence-electron chi connectivity index (χ3n) is 2.79. The van der Waals surface area contributed by atoms with Crippen LogP contribution < -0.4 is 5.73 Å². The Bertz CT molecular complexity index is 347. The Hall–Kier alpha value is -0.0500. The summed E-state index contributed by atoms with van der Waals surface area (Å²) in [5.41, 5.74) is 7.43. The van der Waals surface area contributed by atoms with Gasteiger partial charge in [-0.15, -0.1) is 0 Å². The van der Waals surface area contributed by atoms with E-state index < -0.39 is 0 Å². The molecule has 2 N–H and O–H groups in total. The van der Waals surface area contributed by atoms with E-state index >= 15 is 0 Å². The molecule has 0 heterocycles. The standard InChI is InChI=1S/C11H13BrClN/c12-9-2-1-8(7-10(9)13)3-4-11(14)5-6-11/h1-2,7H,3-6,14H2. The summed E-state index contributed by atoms with van der Waals surface area (Å²) in [6.45, 7) is 0. The Morgan fingerprint density at radius 2 is 2.14 bits per heavy atom. The summed E-state index contributed by atoms with van der Waals surface area (Å²) in [7, 11) is 0. The smallest absolute Gasteiger partial charge is 0.0550 e. The Labute approximate surface area is 97.8 Å². The molecule has 1 nitrogen and oxygen atoms in total. The van der Waals surface area contributed by atoms with Gasteiger partial charge >= 0.3 is 0 Å². The highest BCUT2D eigenvalue weighted by Gasteiger charge is 2.37. The van der Waals surface area contributed by atoms with E-state index in [0.717, 1.165) is 22.3 Å². The molecular formula is C11H13BrClN. The van der Waals surface area contributed by atoms with Gasteiger partial charge in [0.1, 0.15) is 0 Å². The molecule has 0 spiro atoms. The molecule has 3 heteroatoms. The average Bonchev–Trinajstić information content (AvgIpc) is 2.87. The fourth-order valence-corrected chi connectivity index (χ4v) is 1.95. The molecule has 2 rings (SSSR count). The predicted octanol–water partition coefficient (Wildman–Crippen LogP) is 3.53. The van der Waals surface area contributed by atoms with Crippen LogP contribution in [0.25, 0.3) is 0 Å². The van der Waals surface area contributed by atoms with Gasteiger partial charge in [0.05, 0.1) is 5.02 Å². The van der Waals surface area contributed by atoms with Gasteiger partial charge in [0.25, 0.3) is 0 Å². The highest BCUT2D eigenvalue weighted by molar-refractivity contribution is 9.10. The molecule has 76 valence electrons. The van der Waals surface area contributed by atoms with Crippen LogP contribution in [-0.2, 0) is 6.42 Å². The van der Waals surface area contributed by atoms with Gasteiger partial charge in [-0.3, -0.25) is 0 Å². The quantitative estimate of drug-likeness (QED) is 0.896. The monoisotopic (exact) mass is 273 g/mol. The van der Waals surface area contributed by atoms with E-state index in [1.807, 2.05) is 12.1 Å². The van der Waals surface area contributed by atoms with Crippen LogP contribution in [0, 0.1) is 0 Å². The zero-order valence-electron chi connectivity index (χ0n) is 7.89. The van der Waals surface area contributed by atoms with Gasteiger partial charge in [0.15, 0.2) is 0 Å². The maximum Gasteiger partial charge on any atom is 0.0550 e. The van der Waals surface area contributed by atoms with Crippen molar-refractivity contribution < 1.29 is 0 Å². The normalized spacial score (nSPS) is 18.2. The van der Waals surface area contributed by atoms with Crippen molar-refractivity contribution in [2.45, 2.75) is 31.2 Å². The minimum absolute atomic E-state index is 0.138. The summed E-state index contributed by atoms with van der Waals surface area (Å²) in [6, 6.07) is 6.10. The number of nitrogens with two attached hydrogens (primary N) is 1. The third kappa shape index (κ3) is 2.50. The lowest BCUT2D eigenvalue weighted by molar-refractivity contribution is 0.609. The minimum atomic E-state index is 0.138. The largest absolute Gasteiger partial charge is 0.325 e. The number of halogens is 2. The SMILES string of the molecule is NC1(CCc2ccc(Br)c(Cl)c2)CC1. The van der Waals surface area contributed by atoms with Gasteiger partial charge in [0, 0.05) is 10.0 Å². The number of hydrogen-bond donors (Lipinski definition) is 1. The van der Waals surface area contributed by atoms with Gasteiger partial charge in [-0.1, -0.05) is 17.7 Å². The van der Waals surface area contributed by atoms with E-state index in [1.165, 1.54) is 18.4 Å². The molecule has 1 aliphatic rings. The second-order valence-corrected chi connectivity index (χ2v) is 5.37. The maximum atomic E-state index is 6.02. The summed E-state index contributed by atoms with van der Waals surface area (Å²) in [4.78, 5) is 0. The van der Waals surface area contributed by atoms with Crippen LogP contribution in [0.3, 0.4) is 0 Å². The summed E-state index contributed by atoms with van der Waals surface area (Å²) in [5.74, 6) is 0. The second kappa shape index (κ2) is 3.84. The summed E-state index contributed by atoms with van der Waals surface area (Å²) >= 11 is 9.38. The molecule has 0 atom stereocenters. The van der Waals surface area contributed by atoms with Crippen LogP contribution in [0.15, 0.2) is 22.7 Å². The molecule has 0 aliphatic heterocycles. The molecule has 0 unspecified atom stereocenters. The van der Waals surface area contributed by atoms with E-state index in [4.69, 9.17) is 17.3 Å². The van der Waals surface area contributed by atoms with E-state index in [9.17, 15) is 0 Å². The number of hydrogen-bond acceptors (Lipinski definition) is 1. The van der Waals surface area contributed by atoms with Crippen molar-refractivity contribution in [2.24, 2.45) is 5.73 Å². The lowest BCUT2D eigenvalue weighted by Gasteiger charge is -2.08. The molecule has 0 aromatic heterocycles. The van der Waals surface area contributed by atoms with E-state index in [2.05, 4.69) is 22.0 Å². The summed E-state index contributed by atoms with van der Waals surface area (Å²) in [6.07, 6.45) is 4.46. The lowest BCUT2D eigenvalue weighted by atomic mass is 10.0. The highest BCUT2D eigenvalue weighted by atomic mass is 79.9. The van der Waals surface area contributed by atoms with Gasteiger partial charge in [-0.2, -0.15) is 0 Å². The zero-order valence-corrected chi connectivity index (χ0v) is 10.2. The van der Waals surface area contributed by atoms with Crippen LogP contribution in [0.1, 0.15) is 24.8 Å². The van der Waals surface area contributed by atoms with Crippen LogP contribution >= 0.6 is 27.5 Å². The van der Waals surface area contributed by atoms with E-state index in [1.54, 1.807) is 0 Å². The van der Waals surface area contributed by atoms with Crippen LogP contribution in [0.4, 0.5) is 0 Å². The average molecular weight is 275 g/mol. The first kappa shape index (κ1) is 10.5. The van der Waals surface area contributed by atoms with Crippen molar-refractivity contribution in [3.8, 4) is 0 Å². The van der Waals surface area contributed by atoms with Crippen molar-refractivity contribution in [3.05, 3.63) is 33.3 Å². The van der Waals surface area contributed by atoms with E-state index in [-0.39, 0.29) is 5.54 Å². The second-order valence-electron chi connectivity index (χ2n) is 4.11. The van der Waals surface area contributed by atoms with Crippen molar-refractivity contribution in [3.63, 3.8) is 0 Å². The fourth-order valence-electron chi connectivity index (χ4n) is 1.50. The van der Waals surface area contributed by atoms with Crippen molar-refractivity contribution in [1.82, 2.24) is 0 Å². The zero-order chi connectivity index (χ0) is 10.2. The van der Waals surface area contributed by atoms with Gasteiger partial charge < -0.3 is 5.73 Å². The van der Waals surface area contributed by atoms with Gasteiger partial charge in [-0.05, 0) is 59.3 Å². The van der Waals surface area contributed by atoms with Crippen molar-refractivity contribution >= 4 is 27.5 Å². The first-order valence-electron chi connectivity index (χ1n) is 4.82. The van der Waals surface area contributed by atoms with Gasteiger partial charge in [-0.25, -0.2) is 0 Å². The topological polar surface area (TPSA) is 26.0 Å². The molecule has 0 saturated heterocycles. The molecule has 0 bridgehead atoms. The maximum absolute atomic E-state index is 6.02. The lowest BCUT2D eigenvalue weighted by Crippen LogP contribution is -2.22. The highest BCUT2D eigenvalue weighted by Crippen LogP contribution is 2.36. The van der Waals surface area contributed by atoms with Gasteiger partial charge in [0.2, 0.25) is 0 Å². The summed E-state index contributed by atoms with van der Waals surface area (Å²) < 4.78 is 0.955. The van der Waals surface area contributed by atoms with Crippen LogP contribution in [0.2, 0.25) is 5.02 Å². The van der Waals surface area contributed by atoms with Crippen LogP contribution in [-0.4, -0.2) is 5.54 Å². The third-order valence-corrected chi connectivity index (χ3v) is 4.02. The molecule has 0 amide bonds. The minimum Gasteiger partial charge on any atom is -0.325 e. The molecule has 1 saturated carbocycles. The van der Waals surface area contributed by atoms with Crippen LogP contribution in [0.5, 0.6) is 0 Å². The predicted molar refractivity (Wildman–Crippen MR) is 63.6 cm³/mol.